The van der Waals surface area contributed by atoms with E-state index in [0.717, 1.165) is 0 Å². The van der Waals surface area contributed by atoms with Crippen molar-refractivity contribution in [1.82, 2.24) is 10.6 Å². The van der Waals surface area contributed by atoms with E-state index < -0.39 is 31.9 Å². The molecule has 0 aromatic carbocycles. The van der Waals surface area contributed by atoms with Crippen molar-refractivity contribution in [3.05, 3.63) is 0 Å². The Hall–Kier alpha value is -0.680. The third-order valence-electron chi connectivity index (χ3n) is 3.05. The highest BCUT2D eigenvalue weighted by molar-refractivity contribution is 7.99. The lowest BCUT2D eigenvalue weighted by molar-refractivity contribution is -0.137. The molecule has 0 unspecified atom stereocenters. The normalized spacial score (nSPS) is 13.4. The molecule has 25 heavy (non-hydrogen) atoms. The molecule has 6 N–H and O–H groups in total. The van der Waals surface area contributed by atoms with Crippen LogP contribution in [0, 0.1) is 5.41 Å². The molecule has 0 aliphatic rings. The van der Waals surface area contributed by atoms with E-state index in [4.69, 9.17) is 14.9 Å². The molecule has 1 atom stereocenters. The van der Waals surface area contributed by atoms with E-state index in [0.29, 0.717) is 18.1 Å². The average Bonchev–Trinajstić information content (AvgIpc) is 2.51. The van der Waals surface area contributed by atoms with Crippen molar-refractivity contribution in [3.8, 4) is 0 Å². The second kappa shape index (κ2) is 11.8. The van der Waals surface area contributed by atoms with Gasteiger partial charge in [-0.2, -0.15) is 11.8 Å². The fourth-order valence-electron chi connectivity index (χ4n) is 1.60. The molecule has 0 aliphatic carbocycles. The maximum Gasteiger partial charge on any atom is 0.469 e. The Morgan fingerprint density at radius 3 is 2.40 bits per heavy atom. The minimum Gasteiger partial charge on any atom is -0.396 e. The monoisotopic (exact) mass is 402 g/mol. The molecule has 0 saturated heterocycles. The zero-order valence-corrected chi connectivity index (χ0v) is 16.0. The fraction of sp³-hybridized carbons (Fsp3) is 0.846. The smallest absolute Gasteiger partial charge is 0.396 e. The first-order valence-electron chi connectivity index (χ1n) is 7.61. The van der Waals surface area contributed by atoms with Gasteiger partial charge in [-0.05, 0) is 0 Å². The fourth-order valence-corrected chi connectivity index (χ4v) is 2.68. The van der Waals surface area contributed by atoms with Crippen molar-refractivity contribution in [2.75, 3.05) is 37.8 Å². The van der Waals surface area contributed by atoms with Gasteiger partial charge in [0.15, 0.2) is 0 Å². The molecule has 0 spiro atoms. The summed E-state index contributed by atoms with van der Waals surface area (Å²) in [7, 11) is -4.70. The Balaban J connectivity index is 4.07. The SMILES string of the molecule is CC(C)(COP(=O)(O)O)[C@@H](O)C(=O)NCCC(=O)NCCSCCO. The highest BCUT2D eigenvalue weighted by atomic mass is 32.2. The van der Waals surface area contributed by atoms with Crippen LogP contribution in [0.3, 0.4) is 0 Å². The van der Waals surface area contributed by atoms with Crippen LogP contribution in [-0.2, 0) is 18.7 Å². The minimum absolute atomic E-state index is 0.0148. The van der Waals surface area contributed by atoms with Crippen molar-refractivity contribution in [1.29, 1.82) is 0 Å². The van der Waals surface area contributed by atoms with Crippen molar-refractivity contribution in [2.45, 2.75) is 26.4 Å². The number of nitrogens with one attached hydrogen (secondary N) is 2. The standard InChI is InChI=1S/C13H27N2O8PS/c1-13(2,9-23-24(20,21)22)11(18)12(19)15-4-3-10(17)14-5-7-25-8-6-16/h11,16,18H,3-9H2,1-2H3,(H,14,17)(H,15,19)(H2,20,21,22)/t11-/m0/s1. The molecule has 2 amide bonds. The summed E-state index contributed by atoms with van der Waals surface area (Å²) < 4.78 is 15.0. The number of thioether (sulfide) groups is 1. The van der Waals surface area contributed by atoms with Gasteiger partial charge in [0.1, 0.15) is 6.10 Å². The number of aliphatic hydroxyl groups excluding tert-OH is 2. The number of carbonyl (C=O) groups is 2. The van der Waals surface area contributed by atoms with Gasteiger partial charge in [-0.25, -0.2) is 4.57 Å². The summed E-state index contributed by atoms with van der Waals surface area (Å²) >= 11 is 1.50. The van der Waals surface area contributed by atoms with Crippen LogP contribution in [0.4, 0.5) is 0 Å². The lowest BCUT2D eigenvalue weighted by Crippen LogP contribution is -2.46. The number of phosphoric ester groups is 1. The highest BCUT2D eigenvalue weighted by Gasteiger charge is 2.35. The maximum atomic E-state index is 11.9. The highest BCUT2D eigenvalue weighted by Crippen LogP contribution is 2.38. The molecule has 0 rings (SSSR count). The first-order valence-corrected chi connectivity index (χ1v) is 10.3. The lowest BCUT2D eigenvalue weighted by Gasteiger charge is -2.29. The van der Waals surface area contributed by atoms with Crippen LogP contribution >= 0.6 is 19.6 Å². The van der Waals surface area contributed by atoms with Gasteiger partial charge in [-0.15, -0.1) is 0 Å². The third kappa shape index (κ3) is 12.3. The first-order chi connectivity index (χ1) is 11.5. The predicted octanol–water partition coefficient (Wildman–Crippen LogP) is -1.17. The predicted molar refractivity (Wildman–Crippen MR) is 92.8 cm³/mol. The number of hydrogen-bond donors (Lipinski definition) is 6. The van der Waals surface area contributed by atoms with E-state index in [1.165, 1.54) is 25.6 Å². The second-order valence-corrected chi connectivity index (χ2v) is 8.35. The van der Waals surface area contributed by atoms with Crippen LogP contribution in [0.15, 0.2) is 0 Å². The molecular formula is C13H27N2O8PS. The van der Waals surface area contributed by atoms with E-state index in [1.54, 1.807) is 0 Å². The summed E-state index contributed by atoms with van der Waals surface area (Å²) in [6.45, 7) is 2.88. The number of hydrogen-bond acceptors (Lipinski definition) is 7. The van der Waals surface area contributed by atoms with E-state index in [9.17, 15) is 19.3 Å². The molecule has 0 radical (unpaired) electrons. The number of carbonyl (C=O) groups excluding carboxylic acids is 2. The molecular weight excluding hydrogens is 375 g/mol. The molecule has 0 bridgehead atoms. The molecule has 10 nitrogen and oxygen atoms in total. The summed E-state index contributed by atoms with van der Waals surface area (Å²) in [6.07, 6.45) is -1.53. The van der Waals surface area contributed by atoms with E-state index in [1.807, 2.05) is 0 Å². The van der Waals surface area contributed by atoms with Crippen LogP contribution in [0.1, 0.15) is 20.3 Å². The van der Waals surface area contributed by atoms with Gasteiger partial charge in [0.25, 0.3) is 0 Å². The van der Waals surface area contributed by atoms with Gasteiger partial charge in [0.05, 0.1) is 13.2 Å². The van der Waals surface area contributed by atoms with Gasteiger partial charge in [-0.3, -0.25) is 14.1 Å². The first kappa shape index (κ1) is 24.3. The molecule has 0 heterocycles. The average molecular weight is 402 g/mol. The number of rotatable bonds is 13. The molecule has 12 heteroatoms. The van der Waals surface area contributed by atoms with Gasteiger partial charge in [-0.1, -0.05) is 13.8 Å². The summed E-state index contributed by atoms with van der Waals surface area (Å²) in [5, 5.41) is 23.6. The molecule has 0 aromatic rings. The molecule has 148 valence electrons. The van der Waals surface area contributed by atoms with Crippen LogP contribution in [0.5, 0.6) is 0 Å². The van der Waals surface area contributed by atoms with Crippen LogP contribution < -0.4 is 10.6 Å². The molecule has 0 saturated carbocycles. The van der Waals surface area contributed by atoms with Crippen LogP contribution in [0.2, 0.25) is 0 Å². The van der Waals surface area contributed by atoms with E-state index in [-0.39, 0.29) is 25.5 Å². The summed E-state index contributed by atoms with van der Waals surface area (Å²) in [6, 6.07) is 0. The van der Waals surface area contributed by atoms with Crippen molar-refractivity contribution in [3.63, 3.8) is 0 Å². The zero-order chi connectivity index (χ0) is 19.5. The Morgan fingerprint density at radius 2 is 1.84 bits per heavy atom. The maximum absolute atomic E-state index is 11.9. The number of phosphoric acid groups is 1. The Morgan fingerprint density at radius 1 is 1.20 bits per heavy atom. The number of aliphatic hydroxyl groups is 2. The van der Waals surface area contributed by atoms with E-state index >= 15 is 0 Å². The molecule has 0 fully saturated rings. The Kier molecular flexibility index (Phi) is 11.5. The summed E-state index contributed by atoms with van der Waals surface area (Å²) in [5.41, 5.74) is -1.22. The van der Waals surface area contributed by atoms with Crippen LogP contribution in [0.25, 0.3) is 0 Å². The van der Waals surface area contributed by atoms with Gasteiger partial charge in [0, 0.05) is 36.4 Å². The molecule has 0 aliphatic heterocycles. The topological polar surface area (TPSA) is 165 Å². The van der Waals surface area contributed by atoms with Crippen LogP contribution in [-0.4, -0.2) is 75.7 Å². The largest absolute Gasteiger partial charge is 0.469 e. The van der Waals surface area contributed by atoms with Gasteiger partial charge < -0.3 is 30.6 Å². The third-order valence-corrected chi connectivity index (χ3v) is 4.48. The molecule has 0 aromatic heterocycles. The minimum atomic E-state index is -4.70. The Bertz CT molecular complexity index is 471. The lowest BCUT2D eigenvalue weighted by atomic mass is 9.87. The number of amides is 2. The zero-order valence-electron chi connectivity index (χ0n) is 14.3. The quantitative estimate of drug-likeness (QED) is 0.164. The summed E-state index contributed by atoms with van der Waals surface area (Å²) in [5.74, 6) is 0.255. The summed E-state index contributed by atoms with van der Waals surface area (Å²) in [4.78, 5) is 40.7. The van der Waals surface area contributed by atoms with Crippen molar-refractivity contribution >= 4 is 31.4 Å². The van der Waals surface area contributed by atoms with Crippen molar-refractivity contribution < 1.29 is 38.7 Å². The Labute approximate surface area is 151 Å². The van der Waals surface area contributed by atoms with Gasteiger partial charge in [0.2, 0.25) is 11.8 Å². The second-order valence-electron chi connectivity index (χ2n) is 5.88. The van der Waals surface area contributed by atoms with E-state index in [2.05, 4.69) is 15.2 Å². The van der Waals surface area contributed by atoms with Gasteiger partial charge >= 0.3 is 7.82 Å². The van der Waals surface area contributed by atoms with Crippen molar-refractivity contribution in [2.24, 2.45) is 5.41 Å².